The highest BCUT2D eigenvalue weighted by molar-refractivity contribution is 5.98. The molecule has 12 nitrogen and oxygen atoms in total. The van der Waals surface area contributed by atoms with Gasteiger partial charge in [0.1, 0.15) is 0 Å². The molecule has 0 fully saturated rings. The molecule has 194 valence electrons. The molecule has 0 radical (unpaired) electrons. The first kappa shape index (κ1) is 26.7. The topological polar surface area (TPSA) is 165 Å². The lowest BCUT2D eigenvalue weighted by Gasteiger charge is -2.28. The third-order valence-corrected chi connectivity index (χ3v) is 5.23. The molecule has 0 aliphatic carbocycles. The molecule has 2 aromatic rings. The maximum atomic E-state index is 12.5. The third kappa shape index (κ3) is 6.63. The highest BCUT2D eigenvalue weighted by Crippen LogP contribution is 2.34. The lowest BCUT2D eigenvalue weighted by Crippen LogP contribution is -2.45. The Morgan fingerprint density at radius 3 is 2.62 bits per heavy atom. The van der Waals surface area contributed by atoms with E-state index in [9.17, 15) is 24.3 Å². The van der Waals surface area contributed by atoms with Gasteiger partial charge < -0.3 is 30.0 Å². The highest BCUT2D eigenvalue weighted by Gasteiger charge is 2.32. The van der Waals surface area contributed by atoms with Crippen LogP contribution in [0.1, 0.15) is 41.4 Å². The van der Waals surface area contributed by atoms with Gasteiger partial charge in [0, 0.05) is 11.3 Å². The second-order valence-corrected chi connectivity index (χ2v) is 7.68. The van der Waals surface area contributed by atoms with Crippen molar-refractivity contribution in [3.63, 3.8) is 0 Å². The molecule has 3 rings (SSSR count). The minimum Gasteiger partial charge on any atom is -0.493 e. The van der Waals surface area contributed by atoms with Gasteiger partial charge in [0.25, 0.3) is 5.91 Å². The van der Waals surface area contributed by atoms with Crippen LogP contribution in [-0.4, -0.2) is 55.5 Å². The van der Waals surface area contributed by atoms with Crippen LogP contribution in [0.2, 0.25) is 0 Å². The van der Waals surface area contributed by atoms with Gasteiger partial charge in [0.2, 0.25) is 0 Å². The zero-order valence-corrected chi connectivity index (χ0v) is 20.4. The number of amides is 3. The molecule has 0 saturated carbocycles. The van der Waals surface area contributed by atoms with E-state index in [-0.39, 0.29) is 29.2 Å². The van der Waals surface area contributed by atoms with Gasteiger partial charge >= 0.3 is 18.0 Å². The van der Waals surface area contributed by atoms with Crippen molar-refractivity contribution in [2.45, 2.75) is 19.9 Å². The first-order valence-corrected chi connectivity index (χ1v) is 11.2. The molecule has 37 heavy (non-hydrogen) atoms. The van der Waals surface area contributed by atoms with E-state index in [4.69, 9.17) is 14.2 Å². The molecule has 0 saturated heterocycles. The fourth-order valence-electron chi connectivity index (χ4n) is 3.56. The largest absolute Gasteiger partial charge is 0.493 e. The number of hydrogen-bond donors (Lipinski definition) is 4. The maximum absolute atomic E-state index is 12.5. The number of hydrazone groups is 1. The first-order valence-electron chi connectivity index (χ1n) is 11.2. The number of ether oxygens (including phenoxy) is 3. The summed E-state index contributed by atoms with van der Waals surface area (Å²) in [5.74, 6) is -1.78. The predicted octanol–water partition coefficient (Wildman–Crippen LogP) is 2.11. The molecule has 0 unspecified atom stereocenters. The van der Waals surface area contributed by atoms with Gasteiger partial charge in [-0.1, -0.05) is 24.3 Å². The summed E-state index contributed by atoms with van der Waals surface area (Å²) in [6, 6.07) is 9.69. The van der Waals surface area contributed by atoms with Gasteiger partial charge in [-0.05, 0) is 37.6 Å². The number of aromatic carboxylic acids is 1. The average Bonchev–Trinajstić information content (AvgIpc) is 2.87. The Morgan fingerprint density at radius 1 is 1.16 bits per heavy atom. The second-order valence-electron chi connectivity index (χ2n) is 7.68. The van der Waals surface area contributed by atoms with Crippen LogP contribution in [0.25, 0.3) is 0 Å². The van der Waals surface area contributed by atoms with E-state index in [1.165, 1.54) is 19.4 Å². The normalized spacial score (nSPS) is 15.0. The van der Waals surface area contributed by atoms with Crippen molar-refractivity contribution < 1.29 is 38.5 Å². The Morgan fingerprint density at radius 2 is 1.92 bits per heavy atom. The number of urea groups is 1. The number of nitrogens with zero attached hydrogens (tertiary/aromatic N) is 1. The van der Waals surface area contributed by atoms with Crippen LogP contribution in [0.15, 0.2) is 58.8 Å². The molecule has 1 aliphatic rings. The summed E-state index contributed by atoms with van der Waals surface area (Å²) in [6.07, 6.45) is 1.22. The van der Waals surface area contributed by atoms with E-state index in [2.05, 4.69) is 21.2 Å². The van der Waals surface area contributed by atoms with Crippen molar-refractivity contribution >= 4 is 30.1 Å². The van der Waals surface area contributed by atoms with Crippen molar-refractivity contribution in [1.82, 2.24) is 16.1 Å². The SMILES string of the molecule is CCOC(=O)C1=C(C)NC(=O)N[C@H]1c1ccc(OCC(=O)N/N=C/c2ccccc2C(=O)O)c(OC)c1. The van der Waals surface area contributed by atoms with Gasteiger partial charge in [-0.2, -0.15) is 5.10 Å². The standard InChI is InChI=1S/C25H26N4O8/c1-4-36-24(33)21-14(2)27-25(34)28-22(21)15-9-10-18(19(11-15)35-3)37-13-20(30)29-26-12-16-7-5-6-8-17(16)23(31)32/h5-12,22H,4,13H2,1-3H3,(H,29,30)(H,31,32)(H2,27,28,34)/b26-12+/t22-/m0/s1. The van der Waals surface area contributed by atoms with E-state index < -0.39 is 36.5 Å². The molecular formula is C25H26N4O8. The number of methoxy groups -OCH3 is 1. The quantitative estimate of drug-likeness (QED) is 0.214. The summed E-state index contributed by atoms with van der Waals surface area (Å²) >= 11 is 0. The van der Waals surface area contributed by atoms with Crippen LogP contribution < -0.4 is 25.5 Å². The minimum atomic E-state index is -1.11. The Labute approximate surface area is 212 Å². The van der Waals surface area contributed by atoms with Crippen LogP contribution in [0, 0.1) is 0 Å². The second kappa shape index (κ2) is 12.2. The van der Waals surface area contributed by atoms with Gasteiger partial charge in [-0.25, -0.2) is 19.8 Å². The number of esters is 1. The number of carbonyl (C=O) groups is 4. The summed E-state index contributed by atoms with van der Waals surface area (Å²) in [5, 5.41) is 18.2. The van der Waals surface area contributed by atoms with Gasteiger partial charge in [0.15, 0.2) is 18.1 Å². The fraction of sp³-hybridized carbons (Fsp3) is 0.240. The summed E-state index contributed by atoms with van der Waals surface area (Å²) in [7, 11) is 1.41. The summed E-state index contributed by atoms with van der Waals surface area (Å²) in [6.45, 7) is 3.05. The highest BCUT2D eigenvalue weighted by atomic mass is 16.5. The number of benzene rings is 2. The third-order valence-electron chi connectivity index (χ3n) is 5.23. The van der Waals surface area contributed by atoms with Gasteiger partial charge in [-0.15, -0.1) is 0 Å². The summed E-state index contributed by atoms with van der Waals surface area (Å²) in [5.41, 5.74) is 3.79. The van der Waals surface area contributed by atoms with Gasteiger partial charge in [0.05, 0.1) is 37.1 Å². The Bertz CT molecular complexity index is 1270. The molecule has 1 heterocycles. The number of rotatable bonds is 10. The fourth-order valence-corrected chi connectivity index (χ4v) is 3.56. The molecule has 0 aromatic heterocycles. The van der Waals surface area contributed by atoms with Crippen LogP contribution >= 0.6 is 0 Å². The lowest BCUT2D eigenvalue weighted by atomic mass is 9.95. The molecule has 12 heteroatoms. The molecule has 1 aliphatic heterocycles. The number of hydrogen-bond acceptors (Lipinski definition) is 8. The molecule has 0 bridgehead atoms. The zero-order chi connectivity index (χ0) is 26.9. The smallest absolute Gasteiger partial charge is 0.338 e. The summed E-state index contributed by atoms with van der Waals surface area (Å²) < 4.78 is 16.1. The van der Waals surface area contributed by atoms with E-state index in [1.54, 1.807) is 50.2 Å². The Hall–Kier alpha value is -4.87. The van der Waals surface area contributed by atoms with Crippen molar-refractivity contribution in [1.29, 1.82) is 0 Å². The number of carbonyl (C=O) groups excluding carboxylic acids is 3. The molecule has 1 atom stereocenters. The average molecular weight is 511 g/mol. The lowest BCUT2D eigenvalue weighted by molar-refractivity contribution is -0.139. The zero-order valence-electron chi connectivity index (χ0n) is 20.4. The minimum absolute atomic E-state index is 0.0441. The predicted molar refractivity (Wildman–Crippen MR) is 131 cm³/mol. The van der Waals surface area contributed by atoms with E-state index in [0.29, 0.717) is 16.8 Å². The van der Waals surface area contributed by atoms with Crippen molar-refractivity contribution in [2.24, 2.45) is 5.10 Å². The number of nitrogens with one attached hydrogen (secondary N) is 3. The summed E-state index contributed by atoms with van der Waals surface area (Å²) in [4.78, 5) is 48.0. The van der Waals surface area contributed by atoms with Crippen LogP contribution in [0.4, 0.5) is 4.79 Å². The monoisotopic (exact) mass is 510 g/mol. The van der Waals surface area contributed by atoms with E-state index >= 15 is 0 Å². The molecule has 0 spiro atoms. The van der Waals surface area contributed by atoms with Crippen LogP contribution in [0.3, 0.4) is 0 Å². The van der Waals surface area contributed by atoms with Crippen molar-refractivity contribution in [3.05, 3.63) is 70.4 Å². The Balaban J connectivity index is 1.70. The number of allylic oxidation sites excluding steroid dienone is 1. The van der Waals surface area contributed by atoms with Crippen LogP contribution in [0.5, 0.6) is 11.5 Å². The number of carboxylic acids is 1. The number of carboxylic acid groups (broad SMARTS) is 1. The maximum Gasteiger partial charge on any atom is 0.338 e. The Kier molecular flexibility index (Phi) is 8.81. The molecule has 2 aromatic carbocycles. The first-order chi connectivity index (χ1) is 17.7. The van der Waals surface area contributed by atoms with E-state index in [1.807, 2.05) is 0 Å². The molecule has 4 N–H and O–H groups in total. The van der Waals surface area contributed by atoms with Crippen molar-refractivity contribution in [2.75, 3.05) is 20.3 Å². The molecule has 3 amide bonds. The van der Waals surface area contributed by atoms with Crippen LogP contribution in [-0.2, 0) is 14.3 Å². The van der Waals surface area contributed by atoms with E-state index in [0.717, 1.165) is 0 Å². The van der Waals surface area contributed by atoms with Crippen molar-refractivity contribution in [3.8, 4) is 11.5 Å². The molecular weight excluding hydrogens is 484 g/mol. The van der Waals surface area contributed by atoms with Gasteiger partial charge in [-0.3, -0.25) is 4.79 Å².